The van der Waals surface area contributed by atoms with Crippen LogP contribution in [-0.2, 0) is 0 Å². The standard InChI is InChI=1S/C8H4Cl2N2OS/c9-5-2-1-3-6(8(5)10)13-7-4-11-12-14-7/h1-4H. The van der Waals surface area contributed by atoms with Crippen LogP contribution in [0.4, 0.5) is 0 Å². The largest absolute Gasteiger partial charge is 0.442 e. The van der Waals surface area contributed by atoms with Crippen LogP contribution in [0.15, 0.2) is 24.4 Å². The molecular weight excluding hydrogens is 243 g/mol. The van der Waals surface area contributed by atoms with Crippen molar-refractivity contribution in [1.29, 1.82) is 0 Å². The van der Waals surface area contributed by atoms with E-state index in [0.29, 0.717) is 20.9 Å². The molecular formula is C8H4Cl2N2OS. The predicted molar refractivity (Wildman–Crippen MR) is 56.4 cm³/mol. The van der Waals surface area contributed by atoms with E-state index in [1.807, 2.05) is 0 Å². The van der Waals surface area contributed by atoms with E-state index >= 15 is 0 Å². The van der Waals surface area contributed by atoms with Crippen molar-refractivity contribution in [2.24, 2.45) is 0 Å². The number of hydrogen-bond donors (Lipinski definition) is 0. The molecule has 0 N–H and O–H groups in total. The number of halogens is 2. The van der Waals surface area contributed by atoms with Crippen LogP contribution in [0, 0.1) is 0 Å². The van der Waals surface area contributed by atoms with Crippen LogP contribution >= 0.6 is 34.7 Å². The van der Waals surface area contributed by atoms with Gasteiger partial charge in [-0.1, -0.05) is 33.8 Å². The maximum absolute atomic E-state index is 5.92. The molecule has 1 aromatic heterocycles. The Labute approximate surface area is 94.4 Å². The Kier molecular flexibility index (Phi) is 2.86. The molecule has 0 aliphatic heterocycles. The molecule has 0 amide bonds. The highest BCUT2D eigenvalue weighted by atomic mass is 35.5. The number of aromatic nitrogens is 2. The summed E-state index contributed by atoms with van der Waals surface area (Å²) in [6.45, 7) is 0. The fourth-order valence-electron chi connectivity index (χ4n) is 0.874. The SMILES string of the molecule is Clc1cccc(Oc2cnns2)c1Cl. The summed E-state index contributed by atoms with van der Waals surface area (Å²) in [5.41, 5.74) is 0. The molecule has 2 aromatic rings. The lowest BCUT2D eigenvalue weighted by atomic mass is 10.3. The fourth-order valence-corrected chi connectivity index (χ4v) is 1.60. The maximum atomic E-state index is 5.92. The molecule has 0 saturated heterocycles. The predicted octanol–water partition coefficient (Wildman–Crippen LogP) is 3.64. The first-order valence-electron chi connectivity index (χ1n) is 3.66. The molecule has 0 bridgehead atoms. The van der Waals surface area contributed by atoms with Crippen LogP contribution in [0.3, 0.4) is 0 Å². The number of benzene rings is 1. The summed E-state index contributed by atoms with van der Waals surface area (Å²) < 4.78 is 9.07. The normalized spacial score (nSPS) is 10.1. The number of ether oxygens (including phenoxy) is 1. The number of rotatable bonds is 2. The molecule has 0 fully saturated rings. The minimum atomic E-state index is 0.391. The summed E-state index contributed by atoms with van der Waals surface area (Å²) in [6, 6.07) is 5.19. The summed E-state index contributed by atoms with van der Waals surface area (Å²) in [7, 11) is 0. The molecule has 1 aromatic carbocycles. The van der Waals surface area contributed by atoms with Gasteiger partial charge in [-0.25, -0.2) is 0 Å². The van der Waals surface area contributed by atoms with E-state index in [1.54, 1.807) is 18.2 Å². The van der Waals surface area contributed by atoms with Crippen molar-refractivity contribution < 1.29 is 4.74 Å². The van der Waals surface area contributed by atoms with E-state index in [9.17, 15) is 0 Å². The monoisotopic (exact) mass is 246 g/mol. The van der Waals surface area contributed by atoms with Crippen molar-refractivity contribution in [3.63, 3.8) is 0 Å². The first kappa shape index (κ1) is 9.71. The van der Waals surface area contributed by atoms with Gasteiger partial charge in [0, 0.05) is 11.5 Å². The summed E-state index contributed by atoms with van der Waals surface area (Å²) in [5.74, 6) is 0.505. The molecule has 72 valence electrons. The highest BCUT2D eigenvalue weighted by molar-refractivity contribution is 7.07. The minimum absolute atomic E-state index is 0.391. The molecule has 0 radical (unpaired) electrons. The average molecular weight is 247 g/mol. The molecule has 0 aliphatic carbocycles. The molecule has 0 saturated carbocycles. The van der Waals surface area contributed by atoms with E-state index in [-0.39, 0.29) is 0 Å². The second-order valence-corrected chi connectivity index (χ2v) is 3.92. The molecule has 14 heavy (non-hydrogen) atoms. The van der Waals surface area contributed by atoms with Gasteiger partial charge < -0.3 is 4.74 Å². The molecule has 6 heteroatoms. The molecule has 0 unspecified atom stereocenters. The minimum Gasteiger partial charge on any atom is -0.442 e. The lowest BCUT2D eigenvalue weighted by Gasteiger charge is -2.04. The van der Waals surface area contributed by atoms with Crippen molar-refractivity contribution in [3.05, 3.63) is 34.4 Å². The smallest absolute Gasteiger partial charge is 0.220 e. The zero-order valence-electron chi connectivity index (χ0n) is 6.78. The quantitative estimate of drug-likeness (QED) is 0.812. The van der Waals surface area contributed by atoms with E-state index < -0.39 is 0 Å². The van der Waals surface area contributed by atoms with Gasteiger partial charge in [-0.05, 0) is 12.1 Å². The lowest BCUT2D eigenvalue weighted by molar-refractivity contribution is 0.495. The van der Waals surface area contributed by atoms with Gasteiger partial charge in [0.1, 0.15) is 17.0 Å². The van der Waals surface area contributed by atoms with Gasteiger partial charge in [0.2, 0.25) is 5.06 Å². The second kappa shape index (κ2) is 4.13. The first-order chi connectivity index (χ1) is 6.77. The third-order valence-electron chi connectivity index (χ3n) is 1.47. The van der Waals surface area contributed by atoms with Crippen LogP contribution in [0.25, 0.3) is 0 Å². The van der Waals surface area contributed by atoms with E-state index in [1.165, 1.54) is 6.20 Å². The Morgan fingerprint density at radius 2 is 2.14 bits per heavy atom. The van der Waals surface area contributed by atoms with Crippen molar-refractivity contribution >= 4 is 34.7 Å². The average Bonchev–Trinajstić information content (AvgIpc) is 2.66. The highest BCUT2D eigenvalue weighted by Gasteiger charge is 2.07. The van der Waals surface area contributed by atoms with Crippen molar-refractivity contribution in [2.45, 2.75) is 0 Å². The first-order valence-corrected chi connectivity index (χ1v) is 5.19. The van der Waals surface area contributed by atoms with Crippen molar-refractivity contribution in [1.82, 2.24) is 9.59 Å². The topological polar surface area (TPSA) is 35.0 Å². The van der Waals surface area contributed by atoms with Crippen molar-refractivity contribution in [2.75, 3.05) is 0 Å². The van der Waals surface area contributed by atoms with Crippen LogP contribution in [0.2, 0.25) is 10.0 Å². The number of nitrogens with zero attached hydrogens (tertiary/aromatic N) is 2. The zero-order chi connectivity index (χ0) is 9.97. The van der Waals surface area contributed by atoms with Gasteiger partial charge >= 0.3 is 0 Å². The Morgan fingerprint density at radius 3 is 2.86 bits per heavy atom. The summed E-state index contributed by atoms with van der Waals surface area (Å²) in [5, 5.41) is 5.07. The van der Waals surface area contributed by atoms with Crippen LogP contribution in [0.5, 0.6) is 10.8 Å². The molecule has 1 heterocycles. The molecule has 3 nitrogen and oxygen atoms in total. The third-order valence-corrected chi connectivity index (χ3v) is 2.81. The molecule has 0 spiro atoms. The van der Waals surface area contributed by atoms with Crippen molar-refractivity contribution in [3.8, 4) is 10.8 Å². The van der Waals surface area contributed by atoms with E-state index in [0.717, 1.165) is 11.5 Å². The van der Waals surface area contributed by atoms with Gasteiger partial charge in [0.15, 0.2) is 0 Å². The molecule has 2 rings (SSSR count). The van der Waals surface area contributed by atoms with E-state index in [2.05, 4.69) is 9.59 Å². The van der Waals surface area contributed by atoms with Gasteiger partial charge in [-0.3, -0.25) is 0 Å². The van der Waals surface area contributed by atoms with Crippen LogP contribution < -0.4 is 4.74 Å². The van der Waals surface area contributed by atoms with Gasteiger partial charge in [-0.15, -0.1) is 5.10 Å². The summed E-state index contributed by atoms with van der Waals surface area (Å²) >= 11 is 12.9. The lowest BCUT2D eigenvalue weighted by Crippen LogP contribution is -1.82. The third kappa shape index (κ3) is 1.97. The zero-order valence-corrected chi connectivity index (χ0v) is 9.10. The summed E-state index contributed by atoms with van der Waals surface area (Å²) in [6.07, 6.45) is 1.52. The molecule has 0 aliphatic rings. The second-order valence-electron chi connectivity index (χ2n) is 2.39. The summed E-state index contributed by atoms with van der Waals surface area (Å²) in [4.78, 5) is 0. The van der Waals surface area contributed by atoms with Gasteiger partial charge in [0.25, 0.3) is 0 Å². The fraction of sp³-hybridized carbons (Fsp3) is 0. The van der Waals surface area contributed by atoms with Crippen LogP contribution in [-0.4, -0.2) is 9.59 Å². The Balaban J connectivity index is 2.29. The van der Waals surface area contributed by atoms with E-state index in [4.69, 9.17) is 27.9 Å². The number of hydrogen-bond acceptors (Lipinski definition) is 4. The Bertz CT molecular complexity index is 433. The Morgan fingerprint density at radius 1 is 1.29 bits per heavy atom. The van der Waals surface area contributed by atoms with Gasteiger partial charge in [-0.2, -0.15) is 0 Å². The van der Waals surface area contributed by atoms with Gasteiger partial charge in [0.05, 0.1) is 5.02 Å². The highest BCUT2D eigenvalue weighted by Crippen LogP contribution is 2.35. The van der Waals surface area contributed by atoms with Crippen LogP contribution in [0.1, 0.15) is 0 Å². The Hall–Kier alpha value is -0.840. The molecule has 0 atom stereocenters. The maximum Gasteiger partial charge on any atom is 0.220 e.